The molecule has 1 aliphatic rings. The van der Waals surface area contributed by atoms with Gasteiger partial charge in [0.1, 0.15) is 0 Å². The number of hydrogen-bond donors (Lipinski definition) is 3. The van der Waals surface area contributed by atoms with E-state index in [0.717, 1.165) is 64.6 Å². The number of rotatable bonds is 10. The molecule has 0 aromatic rings. The number of aliphatic imine (C=N–C) groups is 1. The summed E-state index contributed by atoms with van der Waals surface area (Å²) in [5.41, 5.74) is -0.704. The number of guanidine groups is 1. The monoisotopic (exact) mass is 484 g/mol. The predicted molar refractivity (Wildman–Crippen MR) is 121 cm³/mol. The van der Waals surface area contributed by atoms with Gasteiger partial charge >= 0.3 is 0 Å². The van der Waals surface area contributed by atoms with E-state index in [-0.39, 0.29) is 24.0 Å². The molecule has 3 N–H and O–H groups in total. The van der Waals surface area contributed by atoms with E-state index in [2.05, 4.69) is 41.3 Å². The largest absolute Gasteiger partial charge is 0.388 e. The first-order valence-corrected chi connectivity index (χ1v) is 10.00. The Kier molecular flexibility index (Phi) is 13.9. The van der Waals surface area contributed by atoms with Gasteiger partial charge in [0.25, 0.3) is 0 Å². The van der Waals surface area contributed by atoms with Crippen molar-refractivity contribution in [2.45, 2.75) is 65.5 Å². The summed E-state index contributed by atoms with van der Waals surface area (Å²) in [4.78, 5) is 7.15. The van der Waals surface area contributed by atoms with Crippen molar-refractivity contribution in [3.05, 3.63) is 0 Å². The number of hydrogen-bond acceptors (Lipinski definition) is 4. The van der Waals surface area contributed by atoms with Crippen LogP contribution in [-0.2, 0) is 4.74 Å². The van der Waals surface area contributed by atoms with Crippen LogP contribution in [0.25, 0.3) is 0 Å². The highest BCUT2D eigenvalue weighted by atomic mass is 127. The van der Waals surface area contributed by atoms with Crippen molar-refractivity contribution in [2.75, 3.05) is 45.9 Å². The molecule has 1 atom stereocenters. The molecule has 0 aliphatic carbocycles. The molecule has 1 saturated heterocycles. The fourth-order valence-electron chi connectivity index (χ4n) is 3.10. The summed E-state index contributed by atoms with van der Waals surface area (Å²) in [5, 5.41) is 17.3. The Bertz CT molecular complexity index is 384. The van der Waals surface area contributed by atoms with Crippen LogP contribution in [0.2, 0.25) is 0 Å². The normalized spacial score (nSPS) is 17.7. The van der Waals surface area contributed by atoms with Crippen molar-refractivity contribution < 1.29 is 9.84 Å². The second-order valence-electron chi connectivity index (χ2n) is 7.44. The Morgan fingerprint density at radius 1 is 1.15 bits per heavy atom. The summed E-state index contributed by atoms with van der Waals surface area (Å²) >= 11 is 0. The third-order valence-electron chi connectivity index (χ3n) is 5.00. The number of aliphatic hydroxyl groups is 1. The van der Waals surface area contributed by atoms with Gasteiger partial charge in [-0.15, -0.1) is 24.0 Å². The lowest BCUT2D eigenvalue weighted by atomic mass is 9.98. The van der Waals surface area contributed by atoms with Crippen molar-refractivity contribution in [2.24, 2.45) is 10.9 Å². The number of halogens is 1. The van der Waals surface area contributed by atoms with E-state index in [0.29, 0.717) is 18.5 Å². The maximum Gasteiger partial charge on any atom is 0.191 e. The minimum absolute atomic E-state index is 0. The van der Waals surface area contributed by atoms with Crippen molar-refractivity contribution in [1.82, 2.24) is 15.5 Å². The van der Waals surface area contributed by atoms with E-state index in [9.17, 15) is 5.11 Å². The molecule has 0 aromatic carbocycles. The van der Waals surface area contributed by atoms with E-state index in [4.69, 9.17) is 4.74 Å². The first-order valence-electron chi connectivity index (χ1n) is 10.00. The second kappa shape index (κ2) is 14.0. The molecule has 1 rings (SSSR count). The van der Waals surface area contributed by atoms with Crippen LogP contribution in [0.5, 0.6) is 0 Å². The summed E-state index contributed by atoms with van der Waals surface area (Å²) in [6, 6.07) is 0.476. The summed E-state index contributed by atoms with van der Waals surface area (Å²) in [5.74, 6) is 1.45. The van der Waals surface area contributed by atoms with E-state index in [1.807, 2.05) is 13.8 Å². The lowest BCUT2D eigenvalue weighted by molar-refractivity contribution is 0.0132. The molecule has 7 heteroatoms. The fraction of sp³-hybridized carbons (Fsp3) is 0.947. The van der Waals surface area contributed by atoms with Gasteiger partial charge in [-0.1, -0.05) is 27.7 Å². The van der Waals surface area contributed by atoms with E-state index < -0.39 is 5.60 Å². The molecule has 0 aromatic heterocycles. The van der Waals surface area contributed by atoms with Crippen LogP contribution in [-0.4, -0.2) is 73.5 Å². The quantitative estimate of drug-likeness (QED) is 0.253. The molecule has 0 amide bonds. The van der Waals surface area contributed by atoms with Crippen molar-refractivity contribution in [3.8, 4) is 0 Å². The molecule has 26 heavy (non-hydrogen) atoms. The van der Waals surface area contributed by atoms with Gasteiger partial charge in [-0.3, -0.25) is 9.89 Å². The van der Waals surface area contributed by atoms with Crippen LogP contribution in [0, 0.1) is 5.92 Å². The average molecular weight is 484 g/mol. The third-order valence-corrected chi connectivity index (χ3v) is 5.00. The first-order chi connectivity index (χ1) is 11.9. The molecule has 0 radical (unpaired) electrons. The average Bonchev–Trinajstić information content (AvgIpc) is 2.63. The Balaban J connectivity index is 0.00000625. The van der Waals surface area contributed by atoms with E-state index in [1.54, 1.807) is 0 Å². The zero-order chi connectivity index (χ0) is 18.7. The number of nitrogens with zero attached hydrogens (tertiary/aromatic N) is 2. The van der Waals surface area contributed by atoms with E-state index in [1.165, 1.54) is 0 Å². The van der Waals surface area contributed by atoms with Crippen LogP contribution < -0.4 is 10.6 Å². The molecule has 0 spiro atoms. The van der Waals surface area contributed by atoms with Gasteiger partial charge in [0, 0.05) is 32.2 Å². The first kappa shape index (κ1) is 25.9. The molecular formula is C19H41IN4O2. The summed E-state index contributed by atoms with van der Waals surface area (Å²) in [7, 11) is 0. The zero-order valence-electron chi connectivity index (χ0n) is 17.4. The number of nitrogens with one attached hydrogen (secondary N) is 2. The number of morpholine rings is 1. The van der Waals surface area contributed by atoms with Crippen molar-refractivity contribution in [1.29, 1.82) is 0 Å². The van der Waals surface area contributed by atoms with E-state index >= 15 is 0 Å². The van der Waals surface area contributed by atoms with Crippen LogP contribution in [0.15, 0.2) is 4.99 Å². The Hall–Kier alpha value is -0.120. The molecule has 1 unspecified atom stereocenters. The fourth-order valence-corrected chi connectivity index (χ4v) is 3.10. The third kappa shape index (κ3) is 9.71. The summed E-state index contributed by atoms with van der Waals surface area (Å²) in [6.45, 7) is 16.4. The minimum Gasteiger partial charge on any atom is -0.388 e. The van der Waals surface area contributed by atoms with Crippen LogP contribution in [0.4, 0.5) is 0 Å². The summed E-state index contributed by atoms with van der Waals surface area (Å²) in [6.07, 6.45) is 2.59. The van der Waals surface area contributed by atoms with Gasteiger partial charge in [-0.25, -0.2) is 0 Å². The van der Waals surface area contributed by atoms with Gasteiger partial charge in [0.15, 0.2) is 5.96 Å². The molecule has 1 fully saturated rings. The summed E-state index contributed by atoms with van der Waals surface area (Å²) < 4.78 is 5.49. The van der Waals surface area contributed by atoms with Crippen LogP contribution in [0.3, 0.4) is 0 Å². The smallest absolute Gasteiger partial charge is 0.191 e. The maximum atomic E-state index is 10.5. The predicted octanol–water partition coefficient (Wildman–Crippen LogP) is 2.46. The molecular weight excluding hydrogens is 443 g/mol. The van der Waals surface area contributed by atoms with Gasteiger partial charge in [-0.05, 0) is 32.1 Å². The molecule has 0 saturated carbocycles. The van der Waals surface area contributed by atoms with Gasteiger partial charge < -0.3 is 20.5 Å². The van der Waals surface area contributed by atoms with Gasteiger partial charge in [-0.2, -0.15) is 0 Å². The molecule has 0 bridgehead atoms. The lowest BCUT2D eigenvalue weighted by Gasteiger charge is -2.36. The number of ether oxygens (including phenoxy) is 1. The lowest BCUT2D eigenvalue weighted by Crippen LogP contribution is -2.51. The molecule has 156 valence electrons. The Morgan fingerprint density at radius 2 is 1.77 bits per heavy atom. The van der Waals surface area contributed by atoms with Crippen molar-refractivity contribution >= 4 is 29.9 Å². The van der Waals surface area contributed by atoms with Gasteiger partial charge in [0.2, 0.25) is 0 Å². The molecule has 6 nitrogen and oxygen atoms in total. The maximum absolute atomic E-state index is 10.5. The van der Waals surface area contributed by atoms with Crippen LogP contribution >= 0.6 is 24.0 Å². The molecule has 1 aliphatic heterocycles. The SMILES string of the molecule is CCNC(=NCC(O)(CC)CC)NCC(CC(C)C)N1CCOCC1.I. The highest BCUT2D eigenvalue weighted by Crippen LogP contribution is 2.15. The van der Waals surface area contributed by atoms with Crippen LogP contribution in [0.1, 0.15) is 53.9 Å². The van der Waals surface area contributed by atoms with Gasteiger partial charge in [0.05, 0.1) is 25.4 Å². The Labute approximate surface area is 177 Å². The highest BCUT2D eigenvalue weighted by Gasteiger charge is 2.23. The minimum atomic E-state index is -0.704. The van der Waals surface area contributed by atoms with Crippen molar-refractivity contribution in [3.63, 3.8) is 0 Å². The Morgan fingerprint density at radius 3 is 2.27 bits per heavy atom. The second-order valence-corrected chi connectivity index (χ2v) is 7.44. The topological polar surface area (TPSA) is 69.1 Å². The molecule has 1 heterocycles. The highest BCUT2D eigenvalue weighted by molar-refractivity contribution is 14.0. The standard InChI is InChI=1S/C19H40N4O2.HI/c1-6-19(24,7-2)15-22-18(20-8-3)21-14-17(13-16(4)5)23-9-11-25-12-10-23;/h16-17,24H,6-15H2,1-5H3,(H2,20,21,22);1H. The zero-order valence-corrected chi connectivity index (χ0v) is 19.7.